The number of carbonyl (C=O) groups excluding carboxylic acids is 1. The Labute approximate surface area is 117 Å². The molecule has 2 saturated heterocycles. The number of carbonyl (C=O) groups is 1. The van der Waals surface area contributed by atoms with Crippen molar-refractivity contribution in [3.63, 3.8) is 0 Å². The quantitative estimate of drug-likeness (QED) is 0.881. The Morgan fingerprint density at radius 2 is 2.25 bits per heavy atom. The summed E-state index contributed by atoms with van der Waals surface area (Å²) < 4.78 is 5.59. The molecule has 1 aromatic carbocycles. The lowest BCUT2D eigenvalue weighted by Gasteiger charge is -2.21. The number of furan rings is 1. The molecule has 0 saturated carbocycles. The van der Waals surface area contributed by atoms with E-state index in [2.05, 4.69) is 10.6 Å². The van der Waals surface area contributed by atoms with Gasteiger partial charge in [0.05, 0.1) is 0 Å². The Morgan fingerprint density at radius 3 is 3.00 bits per heavy atom. The number of aryl methyl sites for hydroxylation is 1. The Bertz CT molecular complexity index is 676. The lowest BCUT2D eigenvalue weighted by Crippen LogP contribution is -2.42. The van der Waals surface area contributed by atoms with Crippen LogP contribution in [0.2, 0.25) is 0 Å². The summed E-state index contributed by atoms with van der Waals surface area (Å²) in [6.07, 6.45) is 3.47. The average Bonchev–Trinajstić information content (AvgIpc) is 3.10. The molecule has 4 heteroatoms. The SMILES string of the molecule is Cc1cc2ccc(C(=O)N[C@@H]3C[C@H]4CC[C@@H]3N4)cc2o1. The highest BCUT2D eigenvalue weighted by atomic mass is 16.3. The molecule has 1 aromatic heterocycles. The second-order valence-corrected chi connectivity index (χ2v) is 5.97. The fourth-order valence-electron chi connectivity index (χ4n) is 3.54. The fourth-order valence-corrected chi connectivity index (χ4v) is 3.54. The van der Waals surface area contributed by atoms with E-state index in [0.717, 1.165) is 23.2 Å². The third-order valence-electron chi connectivity index (χ3n) is 4.52. The minimum atomic E-state index is 0.000281. The average molecular weight is 270 g/mol. The standard InChI is InChI=1S/C16H18N2O2/c1-9-6-10-2-3-11(7-15(10)20-9)16(19)18-14-8-12-4-5-13(14)17-12/h2-3,6-7,12-14,17H,4-5,8H2,1H3,(H,18,19)/t12-,13+,14-/m1/s1. The number of benzene rings is 1. The zero-order chi connectivity index (χ0) is 13.7. The maximum absolute atomic E-state index is 12.3. The van der Waals surface area contributed by atoms with Crippen molar-refractivity contribution in [3.05, 3.63) is 35.6 Å². The minimum Gasteiger partial charge on any atom is -0.461 e. The van der Waals surface area contributed by atoms with Gasteiger partial charge in [0.2, 0.25) is 0 Å². The van der Waals surface area contributed by atoms with E-state index in [1.165, 1.54) is 12.8 Å². The van der Waals surface area contributed by atoms with Crippen molar-refractivity contribution in [1.82, 2.24) is 10.6 Å². The van der Waals surface area contributed by atoms with E-state index in [0.29, 0.717) is 17.6 Å². The zero-order valence-corrected chi connectivity index (χ0v) is 11.5. The van der Waals surface area contributed by atoms with Crippen LogP contribution in [0, 0.1) is 6.92 Å². The number of rotatable bonds is 2. The van der Waals surface area contributed by atoms with E-state index in [9.17, 15) is 4.79 Å². The summed E-state index contributed by atoms with van der Waals surface area (Å²) in [6, 6.07) is 8.96. The Morgan fingerprint density at radius 1 is 1.35 bits per heavy atom. The van der Waals surface area contributed by atoms with Crippen molar-refractivity contribution in [2.24, 2.45) is 0 Å². The molecular formula is C16H18N2O2. The molecule has 2 N–H and O–H groups in total. The van der Waals surface area contributed by atoms with E-state index in [1.807, 2.05) is 31.2 Å². The molecular weight excluding hydrogens is 252 g/mol. The van der Waals surface area contributed by atoms with Gasteiger partial charge in [-0.05, 0) is 44.4 Å². The van der Waals surface area contributed by atoms with Crippen LogP contribution in [0.1, 0.15) is 35.4 Å². The van der Waals surface area contributed by atoms with Crippen LogP contribution in [-0.4, -0.2) is 24.0 Å². The molecule has 2 aliphatic rings. The highest BCUT2D eigenvalue weighted by molar-refractivity contribution is 5.97. The number of fused-ring (bicyclic) bond motifs is 3. The maximum atomic E-state index is 12.3. The van der Waals surface area contributed by atoms with Gasteiger partial charge in [-0.25, -0.2) is 0 Å². The summed E-state index contributed by atoms with van der Waals surface area (Å²) in [5.74, 6) is 0.871. The summed E-state index contributed by atoms with van der Waals surface area (Å²) in [5.41, 5.74) is 1.45. The third kappa shape index (κ3) is 1.91. The first kappa shape index (κ1) is 12.0. The molecule has 2 fully saturated rings. The first-order valence-electron chi connectivity index (χ1n) is 7.26. The van der Waals surface area contributed by atoms with Gasteiger partial charge >= 0.3 is 0 Å². The van der Waals surface area contributed by atoms with Gasteiger partial charge in [0.25, 0.3) is 5.91 Å². The van der Waals surface area contributed by atoms with Crippen LogP contribution in [0.5, 0.6) is 0 Å². The smallest absolute Gasteiger partial charge is 0.251 e. The van der Waals surface area contributed by atoms with Crippen molar-refractivity contribution in [2.75, 3.05) is 0 Å². The van der Waals surface area contributed by atoms with E-state index in [-0.39, 0.29) is 11.9 Å². The minimum absolute atomic E-state index is 0.000281. The van der Waals surface area contributed by atoms with Gasteiger partial charge in [-0.1, -0.05) is 6.07 Å². The van der Waals surface area contributed by atoms with Crippen molar-refractivity contribution in [3.8, 4) is 0 Å². The molecule has 0 radical (unpaired) electrons. The van der Waals surface area contributed by atoms with Gasteiger partial charge in [0.1, 0.15) is 11.3 Å². The van der Waals surface area contributed by atoms with Crippen molar-refractivity contribution >= 4 is 16.9 Å². The number of amides is 1. The van der Waals surface area contributed by atoms with Gasteiger partial charge in [-0.15, -0.1) is 0 Å². The number of nitrogens with one attached hydrogen (secondary N) is 2. The molecule has 2 bridgehead atoms. The molecule has 2 aromatic rings. The molecule has 4 nitrogen and oxygen atoms in total. The summed E-state index contributed by atoms with van der Waals surface area (Å²) in [6.45, 7) is 1.92. The molecule has 2 aliphatic heterocycles. The predicted octanol–water partition coefficient (Wildman–Crippen LogP) is 2.36. The summed E-state index contributed by atoms with van der Waals surface area (Å²) in [7, 11) is 0. The van der Waals surface area contributed by atoms with E-state index in [4.69, 9.17) is 4.42 Å². The molecule has 0 aliphatic carbocycles. The van der Waals surface area contributed by atoms with Crippen LogP contribution >= 0.6 is 0 Å². The van der Waals surface area contributed by atoms with Gasteiger partial charge in [0, 0.05) is 29.1 Å². The van der Waals surface area contributed by atoms with E-state index >= 15 is 0 Å². The molecule has 4 rings (SSSR count). The van der Waals surface area contributed by atoms with Crippen LogP contribution in [-0.2, 0) is 0 Å². The first-order valence-corrected chi connectivity index (χ1v) is 7.26. The second-order valence-electron chi connectivity index (χ2n) is 5.97. The molecule has 0 unspecified atom stereocenters. The van der Waals surface area contributed by atoms with Crippen molar-refractivity contribution < 1.29 is 9.21 Å². The fraction of sp³-hybridized carbons (Fsp3) is 0.438. The van der Waals surface area contributed by atoms with E-state index in [1.54, 1.807) is 0 Å². The summed E-state index contributed by atoms with van der Waals surface area (Å²) >= 11 is 0. The molecule has 1 amide bonds. The Kier molecular flexibility index (Phi) is 2.60. The van der Waals surface area contributed by atoms with Crippen LogP contribution in [0.3, 0.4) is 0 Å². The van der Waals surface area contributed by atoms with Crippen molar-refractivity contribution in [1.29, 1.82) is 0 Å². The largest absolute Gasteiger partial charge is 0.461 e. The molecule has 0 spiro atoms. The normalized spacial score (nSPS) is 28.1. The van der Waals surface area contributed by atoms with Crippen molar-refractivity contribution in [2.45, 2.75) is 44.3 Å². The lowest BCUT2D eigenvalue weighted by atomic mass is 9.95. The topological polar surface area (TPSA) is 54.3 Å². The molecule has 3 heterocycles. The summed E-state index contributed by atoms with van der Waals surface area (Å²) in [5, 5.41) is 7.73. The number of hydrogen-bond donors (Lipinski definition) is 2. The first-order chi connectivity index (χ1) is 9.69. The maximum Gasteiger partial charge on any atom is 0.251 e. The Hall–Kier alpha value is -1.81. The monoisotopic (exact) mass is 270 g/mol. The van der Waals surface area contributed by atoms with Gasteiger partial charge in [0.15, 0.2) is 0 Å². The van der Waals surface area contributed by atoms with Crippen LogP contribution in [0.25, 0.3) is 11.0 Å². The highest BCUT2D eigenvalue weighted by Crippen LogP contribution is 2.28. The Balaban J connectivity index is 1.54. The predicted molar refractivity (Wildman–Crippen MR) is 76.8 cm³/mol. The third-order valence-corrected chi connectivity index (χ3v) is 4.52. The van der Waals surface area contributed by atoms with Gasteiger partial charge < -0.3 is 15.1 Å². The summed E-state index contributed by atoms with van der Waals surface area (Å²) in [4.78, 5) is 12.3. The molecule has 104 valence electrons. The highest BCUT2D eigenvalue weighted by Gasteiger charge is 2.39. The van der Waals surface area contributed by atoms with Crippen LogP contribution < -0.4 is 10.6 Å². The zero-order valence-electron chi connectivity index (χ0n) is 11.5. The van der Waals surface area contributed by atoms with Crippen LogP contribution in [0.4, 0.5) is 0 Å². The molecule has 3 atom stereocenters. The second kappa shape index (κ2) is 4.35. The van der Waals surface area contributed by atoms with E-state index < -0.39 is 0 Å². The lowest BCUT2D eigenvalue weighted by molar-refractivity contribution is 0.0931. The number of hydrogen-bond acceptors (Lipinski definition) is 3. The van der Waals surface area contributed by atoms with Crippen LogP contribution in [0.15, 0.2) is 28.7 Å². The van der Waals surface area contributed by atoms with Gasteiger partial charge in [-0.3, -0.25) is 4.79 Å². The van der Waals surface area contributed by atoms with Gasteiger partial charge in [-0.2, -0.15) is 0 Å². The molecule has 20 heavy (non-hydrogen) atoms.